The molecule has 3 amide bonds. The maximum Gasteiger partial charge on any atom is 0.321 e. The van der Waals surface area contributed by atoms with Gasteiger partial charge in [-0.2, -0.15) is 4.98 Å². The topological polar surface area (TPSA) is 121 Å². The molecule has 1 aliphatic rings. The number of amides is 3. The van der Waals surface area contributed by atoms with Gasteiger partial charge in [0.25, 0.3) is 0 Å². The summed E-state index contributed by atoms with van der Waals surface area (Å²) >= 11 is 6.31. The van der Waals surface area contributed by atoms with Crippen molar-refractivity contribution >= 4 is 58.1 Å². The van der Waals surface area contributed by atoms with Gasteiger partial charge in [0.1, 0.15) is 10.8 Å². The van der Waals surface area contributed by atoms with Gasteiger partial charge in [0.15, 0.2) is 5.82 Å². The van der Waals surface area contributed by atoms with Gasteiger partial charge in [-0.15, -0.1) is 0 Å². The summed E-state index contributed by atoms with van der Waals surface area (Å²) in [6.45, 7) is 2.97. The smallest absolute Gasteiger partial charge is 0.321 e. The van der Waals surface area contributed by atoms with Crippen molar-refractivity contribution in [1.29, 1.82) is 0 Å². The summed E-state index contributed by atoms with van der Waals surface area (Å²) in [7, 11) is 1.54. The SMILES string of the molecule is COc1cc(NC(=O)N2CCC2)ccc1Nc1ncc(Cl)c(Nc2ccccc2NC(C)=O)n1. The highest BCUT2D eigenvalue weighted by Gasteiger charge is 2.20. The maximum atomic E-state index is 12.2. The molecule has 4 N–H and O–H groups in total. The number of nitrogens with zero attached hydrogens (tertiary/aromatic N) is 3. The third kappa shape index (κ3) is 5.46. The molecule has 2 heterocycles. The summed E-state index contributed by atoms with van der Waals surface area (Å²) in [5.41, 5.74) is 2.45. The number of likely N-dealkylation sites (tertiary alicyclic amines) is 1. The first kappa shape index (κ1) is 23.1. The summed E-state index contributed by atoms with van der Waals surface area (Å²) in [5.74, 6) is 0.946. The molecule has 34 heavy (non-hydrogen) atoms. The lowest BCUT2D eigenvalue weighted by atomic mass is 10.2. The molecule has 0 unspecified atom stereocenters. The fourth-order valence-corrected chi connectivity index (χ4v) is 3.39. The van der Waals surface area contributed by atoms with Crippen LogP contribution in [0.4, 0.5) is 39.3 Å². The molecule has 0 spiro atoms. The number of anilines is 6. The third-order valence-corrected chi connectivity index (χ3v) is 5.35. The van der Waals surface area contributed by atoms with Crippen LogP contribution in [0, 0.1) is 0 Å². The fraction of sp³-hybridized carbons (Fsp3) is 0.217. The van der Waals surface area contributed by atoms with Crippen molar-refractivity contribution in [1.82, 2.24) is 14.9 Å². The van der Waals surface area contributed by atoms with E-state index in [1.807, 2.05) is 12.1 Å². The first-order valence-corrected chi connectivity index (χ1v) is 11.0. The molecule has 0 bridgehead atoms. The molecule has 0 saturated carbocycles. The van der Waals surface area contributed by atoms with Crippen molar-refractivity contribution in [2.24, 2.45) is 0 Å². The normalized spacial score (nSPS) is 12.4. The molecule has 4 rings (SSSR count). The zero-order valence-electron chi connectivity index (χ0n) is 18.7. The summed E-state index contributed by atoms with van der Waals surface area (Å²) in [4.78, 5) is 34.1. The van der Waals surface area contributed by atoms with E-state index in [-0.39, 0.29) is 17.9 Å². The summed E-state index contributed by atoms with van der Waals surface area (Å²) in [5, 5.41) is 12.2. The lowest BCUT2D eigenvalue weighted by Crippen LogP contribution is -2.44. The van der Waals surface area contributed by atoms with Gasteiger partial charge in [0, 0.05) is 31.8 Å². The average molecular weight is 482 g/mol. The van der Waals surface area contributed by atoms with Crippen LogP contribution in [-0.4, -0.2) is 47.0 Å². The van der Waals surface area contributed by atoms with Gasteiger partial charge >= 0.3 is 6.03 Å². The minimum absolute atomic E-state index is 0.134. The Morgan fingerprint density at radius 1 is 1.03 bits per heavy atom. The molecule has 0 aliphatic carbocycles. The van der Waals surface area contributed by atoms with Crippen LogP contribution in [0.1, 0.15) is 13.3 Å². The maximum absolute atomic E-state index is 12.2. The quantitative estimate of drug-likeness (QED) is 0.381. The average Bonchev–Trinajstić information content (AvgIpc) is 2.76. The molecule has 1 aliphatic heterocycles. The second-order valence-corrected chi connectivity index (χ2v) is 7.96. The molecule has 0 atom stereocenters. The minimum Gasteiger partial charge on any atom is -0.494 e. The van der Waals surface area contributed by atoms with Crippen LogP contribution in [0.5, 0.6) is 5.75 Å². The molecule has 2 aromatic carbocycles. The molecular weight excluding hydrogens is 458 g/mol. The predicted octanol–water partition coefficient (Wildman–Crippen LogP) is 4.82. The number of halogens is 1. The Morgan fingerprint density at radius 3 is 2.47 bits per heavy atom. The van der Waals surface area contributed by atoms with Crippen LogP contribution < -0.4 is 26.0 Å². The number of para-hydroxylation sites is 2. The second-order valence-electron chi connectivity index (χ2n) is 7.55. The molecule has 1 fully saturated rings. The monoisotopic (exact) mass is 481 g/mol. The highest BCUT2D eigenvalue weighted by molar-refractivity contribution is 6.33. The molecule has 11 heteroatoms. The Labute approximate surface area is 201 Å². The highest BCUT2D eigenvalue weighted by atomic mass is 35.5. The van der Waals surface area contributed by atoms with Crippen LogP contribution in [0.25, 0.3) is 0 Å². The number of ether oxygens (including phenoxy) is 1. The van der Waals surface area contributed by atoms with Crippen molar-refractivity contribution in [3.8, 4) is 5.75 Å². The molecule has 0 radical (unpaired) electrons. The molecule has 176 valence electrons. The van der Waals surface area contributed by atoms with Gasteiger partial charge in [-0.3, -0.25) is 4.79 Å². The Kier molecular flexibility index (Phi) is 6.98. The van der Waals surface area contributed by atoms with Crippen LogP contribution in [0.2, 0.25) is 5.02 Å². The van der Waals surface area contributed by atoms with E-state index in [1.165, 1.54) is 20.2 Å². The molecule has 3 aromatic rings. The Bertz CT molecular complexity index is 1220. The molecular formula is C23H24ClN7O3. The van der Waals surface area contributed by atoms with E-state index in [0.29, 0.717) is 39.3 Å². The second kappa shape index (κ2) is 10.3. The van der Waals surface area contributed by atoms with E-state index in [4.69, 9.17) is 16.3 Å². The molecule has 10 nitrogen and oxygen atoms in total. The third-order valence-electron chi connectivity index (χ3n) is 5.08. The van der Waals surface area contributed by atoms with Gasteiger partial charge in [-0.05, 0) is 30.7 Å². The standard InChI is InChI=1S/C23H24ClN7O3/c1-14(32)26-17-6-3-4-7-18(17)28-21-16(24)13-25-22(30-21)29-19-9-8-15(12-20(19)34-2)27-23(33)31-10-5-11-31/h3-4,6-9,12-13H,5,10-11H2,1-2H3,(H,26,32)(H,27,33)(H2,25,28,29,30). The first-order valence-electron chi connectivity index (χ1n) is 10.6. The highest BCUT2D eigenvalue weighted by Crippen LogP contribution is 2.32. The lowest BCUT2D eigenvalue weighted by molar-refractivity contribution is -0.114. The Balaban J connectivity index is 1.52. The van der Waals surface area contributed by atoms with Crippen LogP contribution in [0.3, 0.4) is 0 Å². The fourth-order valence-electron chi connectivity index (χ4n) is 3.25. The molecule has 1 saturated heterocycles. The zero-order valence-corrected chi connectivity index (χ0v) is 19.4. The van der Waals surface area contributed by atoms with Crippen molar-refractivity contribution in [3.63, 3.8) is 0 Å². The number of carbonyl (C=O) groups excluding carboxylic acids is 2. The summed E-state index contributed by atoms with van der Waals surface area (Å²) in [6.07, 6.45) is 2.49. The zero-order chi connectivity index (χ0) is 24.1. The van der Waals surface area contributed by atoms with E-state index >= 15 is 0 Å². The Morgan fingerprint density at radius 2 is 1.79 bits per heavy atom. The van der Waals surface area contributed by atoms with Gasteiger partial charge in [-0.25, -0.2) is 9.78 Å². The van der Waals surface area contributed by atoms with Crippen molar-refractivity contribution in [2.45, 2.75) is 13.3 Å². The Hall–Kier alpha value is -4.05. The number of hydrogen-bond donors (Lipinski definition) is 4. The molecule has 1 aromatic heterocycles. The van der Waals surface area contributed by atoms with E-state index < -0.39 is 0 Å². The number of urea groups is 1. The van der Waals surface area contributed by atoms with Gasteiger partial charge < -0.3 is 30.9 Å². The van der Waals surface area contributed by atoms with Gasteiger partial charge in [-0.1, -0.05) is 23.7 Å². The van der Waals surface area contributed by atoms with Crippen molar-refractivity contribution < 1.29 is 14.3 Å². The van der Waals surface area contributed by atoms with E-state index in [1.54, 1.807) is 35.2 Å². The predicted molar refractivity (Wildman–Crippen MR) is 133 cm³/mol. The number of aromatic nitrogens is 2. The number of methoxy groups -OCH3 is 1. The van der Waals surface area contributed by atoms with Crippen molar-refractivity contribution in [2.75, 3.05) is 41.5 Å². The van der Waals surface area contributed by atoms with Crippen LogP contribution in [0.15, 0.2) is 48.7 Å². The lowest BCUT2D eigenvalue weighted by Gasteiger charge is -2.30. The van der Waals surface area contributed by atoms with E-state index in [9.17, 15) is 9.59 Å². The van der Waals surface area contributed by atoms with E-state index in [2.05, 4.69) is 31.2 Å². The number of nitrogens with one attached hydrogen (secondary N) is 4. The number of carbonyl (C=O) groups is 2. The number of benzene rings is 2. The van der Waals surface area contributed by atoms with Crippen molar-refractivity contribution in [3.05, 3.63) is 53.7 Å². The minimum atomic E-state index is -0.193. The summed E-state index contributed by atoms with van der Waals surface area (Å²) in [6, 6.07) is 12.3. The first-order chi connectivity index (χ1) is 16.4. The number of rotatable bonds is 7. The van der Waals surface area contributed by atoms with Crippen LogP contribution >= 0.6 is 11.6 Å². The largest absolute Gasteiger partial charge is 0.494 e. The number of hydrogen-bond acceptors (Lipinski definition) is 7. The van der Waals surface area contributed by atoms with Gasteiger partial charge in [0.05, 0.1) is 30.4 Å². The summed E-state index contributed by atoms with van der Waals surface area (Å²) < 4.78 is 5.48. The van der Waals surface area contributed by atoms with E-state index in [0.717, 1.165) is 19.5 Å². The van der Waals surface area contributed by atoms with Crippen LogP contribution in [-0.2, 0) is 4.79 Å². The van der Waals surface area contributed by atoms with Gasteiger partial charge in [0.2, 0.25) is 11.9 Å².